The average molecular weight is 408 g/mol. The van der Waals surface area contributed by atoms with Crippen LogP contribution in [0.5, 0.6) is 0 Å². The monoisotopic (exact) mass is 408 g/mol. The molecular formula is C21H20N4O5. The van der Waals surface area contributed by atoms with Crippen LogP contribution < -0.4 is 5.32 Å². The Balaban J connectivity index is 1.83. The number of aryl methyl sites for hydroxylation is 1. The van der Waals surface area contributed by atoms with Gasteiger partial charge in [-0.15, -0.1) is 0 Å². The lowest BCUT2D eigenvalue weighted by Crippen LogP contribution is -2.17. The number of nitro groups is 1. The molecule has 30 heavy (non-hydrogen) atoms. The van der Waals surface area contributed by atoms with Crippen LogP contribution in [-0.4, -0.2) is 33.7 Å². The smallest absolute Gasteiger partial charge is 0.338 e. The summed E-state index contributed by atoms with van der Waals surface area (Å²) in [6, 6.07) is 13.1. The van der Waals surface area contributed by atoms with Crippen molar-refractivity contribution in [1.29, 1.82) is 0 Å². The lowest BCUT2D eigenvalue weighted by Gasteiger charge is -2.10. The van der Waals surface area contributed by atoms with Gasteiger partial charge in [-0.25, -0.2) is 9.48 Å². The standard InChI is InChI=1S/C21H20N4O5/c1-3-14-4-6-15(7-5-14)13-24-19(8-9-22-24)23-20(26)16-10-17(21(27)30-2)12-18(11-16)25(28)29/h4-12H,3,13H2,1-2H3,(H,23,26). The Morgan fingerprint density at radius 1 is 1.10 bits per heavy atom. The summed E-state index contributed by atoms with van der Waals surface area (Å²) in [5, 5.41) is 18.1. The maximum absolute atomic E-state index is 12.7. The molecule has 1 aromatic heterocycles. The third kappa shape index (κ3) is 4.69. The van der Waals surface area contributed by atoms with Crippen molar-refractivity contribution >= 4 is 23.4 Å². The van der Waals surface area contributed by atoms with Crippen molar-refractivity contribution < 1.29 is 19.2 Å². The Morgan fingerprint density at radius 2 is 1.77 bits per heavy atom. The topological polar surface area (TPSA) is 116 Å². The number of non-ortho nitro benzene ring substituents is 1. The molecule has 3 aromatic rings. The van der Waals surface area contributed by atoms with Crippen molar-refractivity contribution in [3.05, 3.63) is 87.1 Å². The summed E-state index contributed by atoms with van der Waals surface area (Å²) in [6.07, 6.45) is 2.49. The van der Waals surface area contributed by atoms with Crippen molar-refractivity contribution in [3.8, 4) is 0 Å². The summed E-state index contributed by atoms with van der Waals surface area (Å²) in [5.41, 5.74) is 1.73. The zero-order valence-electron chi connectivity index (χ0n) is 16.5. The molecule has 0 saturated heterocycles. The first-order valence-electron chi connectivity index (χ1n) is 9.20. The lowest BCUT2D eigenvalue weighted by molar-refractivity contribution is -0.384. The highest BCUT2D eigenvalue weighted by Gasteiger charge is 2.19. The molecule has 0 spiro atoms. The minimum atomic E-state index is -0.770. The van der Waals surface area contributed by atoms with Crippen molar-refractivity contribution in [2.45, 2.75) is 19.9 Å². The first kappa shape index (κ1) is 20.7. The second-order valence-corrected chi connectivity index (χ2v) is 6.52. The molecule has 9 heteroatoms. The van der Waals surface area contributed by atoms with Gasteiger partial charge >= 0.3 is 5.97 Å². The van der Waals surface area contributed by atoms with Crippen LogP contribution in [-0.2, 0) is 17.7 Å². The molecule has 0 aliphatic heterocycles. The predicted molar refractivity (Wildman–Crippen MR) is 110 cm³/mol. The second kappa shape index (κ2) is 8.99. The Kier molecular flexibility index (Phi) is 6.21. The molecule has 154 valence electrons. The van der Waals surface area contributed by atoms with E-state index in [9.17, 15) is 19.7 Å². The second-order valence-electron chi connectivity index (χ2n) is 6.52. The molecule has 0 fully saturated rings. The van der Waals surface area contributed by atoms with Crippen LogP contribution in [0.3, 0.4) is 0 Å². The number of carbonyl (C=O) groups is 2. The van der Waals surface area contributed by atoms with Gasteiger partial charge in [0.15, 0.2) is 0 Å². The zero-order chi connectivity index (χ0) is 21.7. The largest absolute Gasteiger partial charge is 0.465 e. The van der Waals surface area contributed by atoms with Crippen LogP contribution in [0.4, 0.5) is 11.5 Å². The maximum atomic E-state index is 12.7. The van der Waals surface area contributed by atoms with E-state index >= 15 is 0 Å². The van der Waals surface area contributed by atoms with Gasteiger partial charge < -0.3 is 10.1 Å². The van der Waals surface area contributed by atoms with E-state index in [0.29, 0.717) is 12.4 Å². The summed E-state index contributed by atoms with van der Waals surface area (Å²) in [5.74, 6) is -0.953. The van der Waals surface area contributed by atoms with E-state index in [-0.39, 0.29) is 16.8 Å². The van der Waals surface area contributed by atoms with E-state index in [2.05, 4.69) is 22.1 Å². The average Bonchev–Trinajstić information content (AvgIpc) is 3.19. The van der Waals surface area contributed by atoms with Gasteiger partial charge in [0.05, 0.1) is 30.3 Å². The zero-order valence-corrected chi connectivity index (χ0v) is 16.5. The Hall–Kier alpha value is -4.01. The number of aromatic nitrogens is 2. The van der Waals surface area contributed by atoms with Gasteiger partial charge in [-0.05, 0) is 23.6 Å². The minimum absolute atomic E-state index is 0.0374. The molecule has 0 aliphatic rings. The predicted octanol–water partition coefficient (Wildman–Crippen LogP) is 3.44. The summed E-state index contributed by atoms with van der Waals surface area (Å²) in [7, 11) is 1.16. The van der Waals surface area contributed by atoms with Gasteiger partial charge in [0.25, 0.3) is 11.6 Å². The molecule has 2 aromatic carbocycles. The number of hydrogen-bond donors (Lipinski definition) is 1. The number of anilines is 1. The number of carbonyl (C=O) groups excluding carboxylic acids is 2. The van der Waals surface area contributed by atoms with Gasteiger partial charge in [0.1, 0.15) is 5.82 Å². The number of hydrogen-bond acceptors (Lipinski definition) is 6. The number of nitrogens with one attached hydrogen (secondary N) is 1. The summed E-state index contributed by atoms with van der Waals surface area (Å²) >= 11 is 0. The van der Waals surface area contributed by atoms with Crippen LogP contribution in [0.1, 0.15) is 38.8 Å². The maximum Gasteiger partial charge on any atom is 0.338 e. The molecule has 3 rings (SSSR count). The number of benzene rings is 2. The first-order valence-corrected chi connectivity index (χ1v) is 9.20. The molecule has 0 saturated carbocycles. The van der Waals surface area contributed by atoms with Crippen molar-refractivity contribution in [1.82, 2.24) is 9.78 Å². The SMILES string of the molecule is CCc1ccc(Cn2nccc2NC(=O)c2cc(C(=O)OC)cc([N+](=O)[O-])c2)cc1. The number of nitro benzene ring substituents is 1. The van der Waals surface area contributed by atoms with E-state index in [1.54, 1.807) is 16.9 Å². The fourth-order valence-corrected chi connectivity index (χ4v) is 2.89. The molecule has 0 aliphatic carbocycles. The summed E-state index contributed by atoms with van der Waals surface area (Å²) < 4.78 is 6.21. The Morgan fingerprint density at radius 3 is 2.40 bits per heavy atom. The number of esters is 1. The quantitative estimate of drug-likeness (QED) is 0.364. The summed E-state index contributed by atoms with van der Waals surface area (Å²) in [6.45, 7) is 2.52. The van der Waals surface area contributed by atoms with E-state index < -0.39 is 16.8 Å². The Bertz CT molecular complexity index is 1090. The molecule has 1 amide bonds. The van der Waals surface area contributed by atoms with Gasteiger partial charge in [0, 0.05) is 23.8 Å². The number of rotatable bonds is 7. The molecule has 0 radical (unpaired) electrons. The van der Waals surface area contributed by atoms with E-state index in [4.69, 9.17) is 0 Å². The fourth-order valence-electron chi connectivity index (χ4n) is 2.89. The fraction of sp³-hybridized carbons (Fsp3) is 0.190. The highest BCUT2D eigenvalue weighted by Crippen LogP contribution is 2.20. The lowest BCUT2D eigenvalue weighted by atomic mass is 10.1. The Labute approximate surface area is 172 Å². The molecule has 0 atom stereocenters. The third-order valence-corrected chi connectivity index (χ3v) is 4.53. The van der Waals surface area contributed by atoms with Crippen molar-refractivity contribution in [2.75, 3.05) is 12.4 Å². The normalized spacial score (nSPS) is 10.5. The molecule has 1 N–H and O–H groups in total. The molecule has 0 unspecified atom stereocenters. The van der Waals surface area contributed by atoms with Crippen molar-refractivity contribution in [3.63, 3.8) is 0 Å². The third-order valence-electron chi connectivity index (χ3n) is 4.53. The number of ether oxygens (including phenoxy) is 1. The molecule has 9 nitrogen and oxygen atoms in total. The highest BCUT2D eigenvalue weighted by atomic mass is 16.6. The van der Waals surface area contributed by atoms with E-state index in [1.807, 2.05) is 24.3 Å². The van der Waals surface area contributed by atoms with Gasteiger partial charge in [-0.3, -0.25) is 14.9 Å². The number of methoxy groups -OCH3 is 1. The minimum Gasteiger partial charge on any atom is -0.465 e. The number of nitrogens with zero attached hydrogens (tertiary/aromatic N) is 3. The first-order chi connectivity index (χ1) is 14.4. The van der Waals surface area contributed by atoms with Gasteiger partial charge in [0.2, 0.25) is 0 Å². The van der Waals surface area contributed by atoms with Gasteiger partial charge in [-0.1, -0.05) is 31.2 Å². The van der Waals surface area contributed by atoms with Crippen LogP contribution >= 0.6 is 0 Å². The molecule has 0 bridgehead atoms. The van der Waals surface area contributed by atoms with Crippen molar-refractivity contribution in [2.24, 2.45) is 0 Å². The van der Waals surface area contributed by atoms with Crippen LogP contribution in [0.15, 0.2) is 54.7 Å². The van der Waals surface area contributed by atoms with E-state index in [1.165, 1.54) is 11.6 Å². The molecule has 1 heterocycles. The van der Waals surface area contributed by atoms with Gasteiger partial charge in [-0.2, -0.15) is 5.10 Å². The number of amides is 1. The highest BCUT2D eigenvalue weighted by molar-refractivity contribution is 6.05. The van der Waals surface area contributed by atoms with Crippen LogP contribution in [0.25, 0.3) is 0 Å². The molecular weight excluding hydrogens is 388 g/mol. The summed E-state index contributed by atoms with van der Waals surface area (Å²) in [4.78, 5) is 35.0. The van der Waals surface area contributed by atoms with Crippen LogP contribution in [0.2, 0.25) is 0 Å². The van der Waals surface area contributed by atoms with E-state index in [0.717, 1.165) is 31.2 Å². The van der Waals surface area contributed by atoms with Crippen LogP contribution in [0, 0.1) is 10.1 Å².